The van der Waals surface area contributed by atoms with E-state index in [-0.39, 0.29) is 10.6 Å². The molecule has 0 spiro atoms. The molecule has 1 N–H and O–H groups in total. The van der Waals surface area contributed by atoms with Crippen LogP contribution < -0.4 is 5.32 Å². The van der Waals surface area contributed by atoms with E-state index < -0.39 is 31.5 Å². The first kappa shape index (κ1) is 23.3. The number of sulfone groups is 1. The van der Waals surface area contributed by atoms with E-state index in [2.05, 4.69) is 5.32 Å². The fourth-order valence-electron chi connectivity index (χ4n) is 2.71. The maximum atomic E-state index is 12.5. The molecule has 0 unspecified atom stereocenters. The van der Waals surface area contributed by atoms with Gasteiger partial charge < -0.3 is 5.32 Å². The fourth-order valence-corrected chi connectivity index (χ4v) is 5.56. The van der Waals surface area contributed by atoms with Gasteiger partial charge in [-0.3, -0.25) is 4.79 Å². The number of nitrogens with zero attached hydrogens (tertiary/aromatic N) is 1. The molecule has 10 heteroatoms. The van der Waals surface area contributed by atoms with Gasteiger partial charge >= 0.3 is 0 Å². The number of nitrogens with one attached hydrogen (secondary N) is 1. The van der Waals surface area contributed by atoms with Gasteiger partial charge in [-0.25, -0.2) is 16.8 Å². The minimum Gasteiger partial charge on any atom is -0.325 e. The van der Waals surface area contributed by atoms with Crippen molar-refractivity contribution in [3.63, 3.8) is 0 Å². The zero-order chi connectivity index (χ0) is 21.7. The van der Waals surface area contributed by atoms with Gasteiger partial charge in [0.25, 0.3) is 0 Å². The van der Waals surface area contributed by atoms with Crippen molar-refractivity contribution in [2.24, 2.45) is 0 Å². The minimum absolute atomic E-state index is 0.106. The van der Waals surface area contributed by atoms with Crippen molar-refractivity contribution in [3.8, 4) is 0 Å². The monoisotopic (exact) mass is 458 g/mol. The molecule has 0 aliphatic heterocycles. The molecule has 7 nitrogen and oxygen atoms in total. The zero-order valence-electron chi connectivity index (χ0n) is 16.1. The van der Waals surface area contributed by atoms with Crippen LogP contribution in [0.2, 0.25) is 5.02 Å². The van der Waals surface area contributed by atoms with E-state index in [1.54, 1.807) is 38.1 Å². The summed E-state index contributed by atoms with van der Waals surface area (Å²) in [5.74, 6) is -1.66. The lowest BCUT2D eigenvalue weighted by Crippen LogP contribution is -2.30. The number of sulfonamides is 1. The van der Waals surface area contributed by atoms with Crippen molar-refractivity contribution in [1.29, 1.82) is 0 Å². The van der Waals surface area contributed by atoms with E-state index in [0.717, 1.165) is 0 Å². The summed E-state index contributed by atoms with van der Waals surface area (Å²) < 4.78 is 50.7. The summed E-state index contributed by atoms with van der Waals surface area (Å²) >= 11 is 5.78. The standard InChI is InChI=1S/C19H23ClN2O5S2/c1-3-22(4-2)29(26,27)18-11-9-17(10-12-18)21-19(23)14-28(24,25)13-15-5-7-16(20)8-6-15/h5-12H,3-4,13-14H2,1-2H3,(H,21,23). The Labute approximate surface area is 176 Å². The lowest BCUT2D eigenvalue weighted by Gasteiger charge is -2.18. The number of amides is 1. The molecule has 0 saturated heterocycles. The molecule has 29 heavy (non-hydrogen) atoms. The predicted molar refractivity (Wildman–Crippen MR) is 114 cm³/mol. The third-order valence-corrected chi connectivity index (χ3v) is 7.92. The van der Waals surface area contributed by atoms with Crippen molar-refractivity contribution in [2.75, 3.05) is 24.2 Å². The molecule has 0 aliphatic carbocycles. The van der Waals surface area contributed by atoms with Crippen molar-refractivity contribution in [2.45, 2.75) is 24.5 Å². The van der Waals surface area contributed by atoms with E-state index in [1.807, 2.05) is 0 Å². The first-order chi connectivity index (χ1) is 13.6. The van der Waals surface area contributed by atoms with Gasteiger partial charge in [0, 0.05) is 23.8 Å². The Balaban J connectivity index is 2.02. The SMILES string of the molecule is CCN(CC)S(=O)(=O)c1ccc(NC(=O)CS(=O)(=O)Cc2ccc(Cl)cc2)cc1. The number of carbonyl (C=O) groups is 1. The number of hydrogen-bond donors (Lipinski definition) is 1. The Morgan fingerprint density at radius 3 is 2.00 bits per heavy atom. The zero-order valence-corrected chi connectivity index (χ0v) is 18.5. The number of carbonyl (C=O) groups excluding carboxylic acids is 1. The quantitative estimate of drug-likeness (QED) is 0.622. The third-order valence-electron chi connectivity index (χ3n) is 4.13. The lowest BCUT2D eigenvalue weighted by molar-refractivity contribution is -0.113. The van der Waals surface area contributed by atoms with Crippen LogP contribution in [0.15, 0.2) is 53.4 Å². The average molecular weight is 459 g/mol. The van der Waals surface area contributed by atoms with E-state index in [4.69, 9.17) is 11.6 Å². The largest absolute Gasteiger partial charge is 0.325 e. The van der Waals surface area contributed by atoms with Gasteiger partial charge in [0.05, 0.1) is 10.6 Å². The van der Waals surface area contributed by atoms with Gasteiger partial charge in [0.2, 0.25) is 15.9 Å². The topological polar surface area (TPSA) is 101 Å². The highest BCUT2D eigenvalue weighted by Crippen LogP contribution is 2.18. The van der Waals surface area contributed by atoms with E-state index in [9.17, 15) is 21.6 Å². The molecule has 2 aromatic carbocycles. The van der Waals surface area contributed by atoms with Gasteiger partial charge in [0.1, 0.15) is 5.75 Å². The number of anilines is 1. The molecule has 0 aromatic heterocycles. The van der Waals surface area contributed by atoms with E-state index in [1.165, 1.54) is 28.6 Å². The van der Waals surface area contributed by atoms with Crippen molar-refractivity contribution < 1.29 is 21.6 Å². The van der Waals surface area contributed by atoms with Crippen molar-refractivity contribution in [3.05, 3.63) is 59.1 Å². The maximum absolute atomic E-state index is 12.5. The number of benzene rings is 2. The van der Waals surface area contributed by atoms with E-state index in [0.29, 0.717) is 29.4 Å². The molecule has 2 rings (SSSR count). The molecule has 1 amide bonds. The van der Waals surface area contributed by atoms with E-state index >= 15 is 0 Å². The summed E-state index contributed by atoms with van der Waals surface area (Å²) in [6.45, 7) is 4.20. The summed E-state index contributed by atoms with van der Waals surface area (Å²) in [5, 5.41) is 2.98. The normalized spacial score (nSPS) is 12.1. The first-order valence-corrected chi connectivity index (χ1v) is 12.6. The Bertz CT molecular complexity index is 1050. The highest BCUT2D eigenvalue weighted by Gasteiger charge is 2.22. The van der Waals surface area contributed by atoms with Crippen LogP contribution in [0.25, 0.3) is 0 Å². The molecule has 2 aromatic rings. The number of hydrogen-bond acceptors (Lipinski definition) is 5. The Morgan fingerprint density at radius 1 is 0.931 bits per heavy atom. The molecule has 0 fully saturated rings. The lowest BCUT2D eigenvalue weighted by atomic mass is 10.2. The van der Waals surface area contributed by atoms with Crippen molar-refractivity contribution in [1.82, 2.24) is 4.31 Å². The van der Waals surface area contributed by atoms with Gasteiger partial charge in [-0.05, 0) is 42.0 Å². The fraction of sp³-hybridized carbons (Fsp3) is 0.316. The van der Waals surface area contributed by atoms with Crippen LogP contribution >= 0.6 is 11.6 Å². The predicted octanol–water partition coefficient (Wildman–Crippen LogP) is 2.92. The first-order valence-electron chi connectivity index (χ1n) is 8.92. The highest BCUT2D eigenvalue weighted by molar-refractivity contribution is 7.91. The summed E-state index contributed by atoms with van der Waals surface area (Å²) in [7, 11) is -7.27. The van der Waals surface area contributed by atoms with Crippen LogP contribution in [0.4, 0.5) is 5.69 Å². The molecule has 0 heterocycles. The molecule has 0 atom stereocenters. The van der Waals surface area contributed by atoms with Gasteiger partial charge in [0.15, 0.2) is 9.84 Å². The van der Waals surface area contributed by atoms with Crippen LogP contribution in [0, 0.1) is 0 Å². The van der Waals surface area contributed by atoms with Gasteiger partial charge in [-0.15, -0.1) is 0 Å². The highest BCUT2D eigenvalue weighted by atomic mass is 35.5. The molecular weight excluding hydrogens is 436 g/mol. The summed E-state index contributed by atoms with van der Waals surface area (Å²) in [4.78, 5) is 12.2. The van der Waals surface area contributed by atoms with Crippen LogP contribution in [-0.2, 0) is 30.4 Å². The van der Waals surface area contributed by atoms with Gasteiger partial charge in [-0.1, -0.05) is 37.6 Å². The third kappa shape index (κ3) is 6.53. The second-order valence-electron chi connectivity index (χ2n) is 6.32. The van der Waals surface area contributed by atoms with Crippen LogP contribution in [-0.4, -0.2) is 45.9 Å². The second-order valence-corrected chi connectivity index (χ2v) is 10.8. The van der Waals surface area contributed by atoms with Gasteiger partial charge in [-0.2, -0.15) is 4.31 Å². The minimum atomic E-state index is -3.67. The molecule has 0 radical (unpaired) electrons. The molecule has 0 saturated carbocycles. The van der Waals surface area contributed by atoms with Crippen LogP contribution in [0.3, 0.4) is 0 Å². The smallest absolute Gasteiger partial charge is 0.243 e. The molecular formula is C19H23ClN2O5S2. The van der Waals surface area contributed by atoms with Crippen LogP contribution in [0.1, 0.15) is 19.4 Å². The Hall–Kier alpha value is -1.94. The summed E-state index contributed by atoms with van der Waals surface area (Å²) in [6.07, 6.45) is 0. The average Bonchev–Trinajstić information content (AvgIpc) is 2.64. The Morgan fingerprint density at radius 2 is 1.48 bits per heavy atom. The number of halogens is 1. The summed E-state index contributed by atoms with van der Waals surface area (Å²) in [6, 6.07) is 12.0. The molecule has 0 aliphatic rings. The number of rotatable bonds is 9. The molecule has 158 valence electrons. The van der Waals surface area contributed by atoms with Crippen molar-refractivity contribution >= 4 is 43.1 Å². The second kappa shape index (κ2) is 9.71. The summed E-state index contributed by atoms with van der Waals surface area (Å²) in [5.41, 5.74) is 0.850. The maximum Gasteiger partial charge on any atom is 0.243 e. The van der Waals surface area contributed by atoms with Crippen LogP contribution in [0.5, 0.6) is 0 Å². The Kier molecular flexibility index (Phi) is 7.81. The molecule has 0 bridgehead atoms.